The molecule has 2 N–H and O–H groups in total. The predicted octanol–water partition coefficient (Wildman–Crippen LogP) is 5.99. The van der Waals surface area contributed by atoms with Crippen molar-refractivity contribution in [3.63, 3.8) is 0 Å². The standard InChI is InChI=1S/C34H33N5O2/c1-22-14-26(10-12-33(22)41-20-27-4-2-3-13-35-27)38-34-28-15-25(9-11-32(28)36-21-37-34)24-7-5-23(6-8-24)16-39-17-29-30(18-39)31(29)19-40/h2-15,21,29-31,40H,16-20H2,1H3,(H,36,37,38). The highest BCUT2D eigenvalue weighted by molar-refractivity contribution is 5.93. The minimum atomic E-state index is 0.347. The summed E-state index contributed by atoms with van der Waals surface area (Å²) >= 11 is 0. The number of aromatic nitrogens is 3. The van der Waals surface area contributed by atoms with Crippen LogP contribution < -0.4 is 10.1 Å². The van der Waals surface area contributed by atoms with E-state index in [4.69, 9.17) is 4.74 Å². The van der Waals surface area contributed by atoms with Crippen LogP contribution in [0.1, 0.15) is 16.8 Å². The third kappa shape index (κ3) is 5.38. The third-order valence-corrected chi connectivity index (χ3v) is 8.53. The zero-order valence-corrected chi connectivity index (χ0v) is 23.1. The molecule has 0 spiro atoms. The minimum absolute atomic E-state index is 0.347. The number of anilines is 2. The normalized spacial score (nSPS) is 19.7. The lowest BCUT2D eigenvalue weighted by Gasteiger charge is -2.19. The lowest BCUT2D eigenvalue weighted by molar-refractivity contribution is 0.217. The van der Waals surface area contributed by atoms with E-state index in [-0.39, 0.29) is 0 Å². The fourth-order valence-corrected chi connectivity index (χ4v) is 6.19. The molecule has 206 valence electrons. The van der Waals surface area contributed by atoms with Crippen LogP contribution in [-0.4, -0.2) is 44.7 Å². The highest BCUT2D eigenvalue weighted by atomic mass is 16.5. The van der Waals surface area contributed by atoms with Gasteiger partial charge in [-0.25, -0.2) is 9.97 Å². The van der Waals surface area contributed by atoms with Crippen molar-refractivity contribution < 1.29 is 9.84 Å². The van der Waals surface area contributed by atoms with Gasteiger partial charge in [-0.05, 0) is 89.4 Å². The summed E-state index contributed by atoms with van der Waals surface area (Å²) in [5.74, 6) is 3.55. The Morgan fingerprint density at radius 3 is 2.49 bits per heavy atom. The SMILES string of the molecule is Cc1cc(Nc2ncnc3ccc(-c4ccc(CN5CC6C(CO)C6C5)cc4)cc23)ccc1OCc1ccccn1. The maximum absolute atomic E-state index is 9.42. The molecule has 1 aliphatic heterocycles. The number of benzene rings is 3. The van der Waals surface area contributed by atoms with Crippen LogP contribution >= 0.6 is 0 Å². The first-order chi connectivity index (χ1) is 20.1. The average Bonchev–Trinajstić information content (AvgIpc) is 3.49. The van der Waals surface area contributed by atoms with Crippen LogP contribution in [-0.2, 0) is 13.2 Å². The summed E-state index contributed by atoms with van der Waals surface area (Å²) in [5, 5.41) is 13.9. The number of fused-ring (bicyclic) bond motifs is 2. The van der Waals surface area contributed by atoms with E-state index in [1.807, 2.05) is 37.3 Å². The van der Waals surface area contributed by atoms with Gasteiger partial charge in [-0.3, -0.25) is 9.88 Å². The quantitative estimate of drug-likeness (QED) is 0.236. The largest absolute Gasteiger partial charge is 0.487 e. The van der Waals surface area contributed by atoms with Crippen molar-refractivity contribution in [2.24, 2.45) is 17.8 Å². The van der Waals surface area contributed by atoms with E-state index in [1.165, 1.54) is 11.1 Å². The topological polar surface area (TPSA) is 83.4 Å². The molecule has 0 amide bonds. The average molecular weight is 544 g/mol. The van der Waals surface area contributed by atoms with E-state index in [2.05, 4.69) is 73.7 Å². The molecule has 2 aromatic heterocycles. The fraction of sp³-hybridized carbons (Fsp3) is 0.265. The Kier molecular flexibility index (Phi) is 6.82. The first kappa shape index (κ1) is 25.6. The molecule has 7 heteroatoms. The summed E-state index contributed by atoms with van der Waals surface area (Å²) in [6.07, 6.45) is 3.37. The minimum Gasteiger partial charge on any atom is -0.487 e. The van der Waals surface area contributed by atoms with Crippen LogP contribution in [0, 0.1) is 24.7 Å². The first-order valence-corrected chi connectivity index (χ1v) is 14.2. The zero-order valence-electron chi connectivity index (χ0n) is 23.1. The summed E-state index contributed by atoms with van der Waals surface area (Å²) in [6.45, 7) is 6.00. The number of rotatable bonds is 9. The van der Waals surface area contributed by atoms with Crippen LogP contribution in [0.25, 0.3) is 22.0 Å². The molecule has 1 aliphatic carbocycles. The Labute approximate surface area is 239 Å². The molecule has 1 saturated carbocycles. The Morgan fingerprint density at radius 2 is 1.73 bits per heavy atom. The van der Waals surface area contributed by atoms with Gasteiger partial charge in [-0.2, -0.15) is 0 Å². The summed E-state index contributed by atoms with van der Waals surface area (Å²) in [5.41, 5.74) is 7.38. The Balaban J connectivity index is 1.05. The molecule has 0 bridgehead atoms. The van der Waals surface area contributed by atoms with Crippen LogP contribution in [0.15, 0.2) is 91.4 Å². The lowest BCUT2D eigenvalue weighted by Crippen LogP contribution is -2.24. The number of aryl methyl sites for hydroxylation is 1. The Morgan fingerprint density at radius 1 is 0.902 bits per heavy atom. The van der Waals surface area contributed by atoms with Crippen molar-refractivity contribution in [1.29, 1.82) is 0 Å². The number of aliphatic hydroxyl groups excluding tert-OH is 1. The second-order valence-corrected chi connectivity index (χ2v) is 11.2. The smallest absolute Gasteiger partial charge is 0.141 e. The van der Waals surface area contributed by atoms with Gasteiger partial charge < -0.3 is 15.2 Å². The van der Waals surface area contributed by atoms with E-state index in [0.29, 0.717) is 31.0 Å². The molecule has 41 heavy (non-hydrogen) atoms. The van der Waals surface area contributed by atoms with Crippen molar-refractivity contribution in [1.82, 2.24) is 19.9 Å². The summed E-state index contributed by atoms with van der Waals surface area (Å²) in [4.78, 5) is 15.9. The maximum atomic E-state index is 9.42. The number of nitrogens with zero attached hydrogens (tertiary/aromatic N) is 4. The molecule has 7 rings (SSSR count). The summed E-state index contributed by atoms with van der Waals surface area (Å²) < 4.78 is 6.00. The van der Waals surface area contributed by atoms with E-state index in [9.17, 15) is 5.11 Å². The van der Waals surface area contributed by atoms with E-state index >= 15 is 0 Å². The molecule has 0 radical (unpaired) electrons. The Bertz CT molecular complexity index is 1660. The van der Waals surface area contributed by atoms with Crippen molar-refractivity contribution >= 4 is 22.4 Å². The second kappa shape index (κ2) is 10.9. The van der Waals surface area contributed by atoms with Crippen LogP contribution in [0.2, 0.25) is 0 Å². The number of ether oxygens (including phenoxy) is 1. The third-order valence-electron chi connectivity index (χ3n) is 8.53. The van der Waals surface area contributed by atoms with Gasteiger partial charge in [-0.1, -0.05) is 36.4 Å². The highest BCUT2D eigenvalue weighted by Gasteiger charge is 2.54. The summed E-state index contributed by atoms with van der Waals surface area (Å²) in [6, 6.07) is 27.1. The number of aliphatic hydroxyl groups is 1. The molecule has 5 aromatic rings. The summed E-state index contributed by atoms with van der Waals surface area (Å²) in [7, 11) is 0. The number of piperidine rings is 1. The molecule has 1 saturated heterocycles. The molecule has 2 fully saturated rings. The maximum Gasteiger partial charge on any atom is 0.141 e. The van der Waals surface area contributed by atoms with Crippen molar-refractivity contribution in [3.8, 4) is 16.9 Å². The number of hydrogen-bond donors (Lipinski definition) is 2. The molecule has 2 atom stereocenters. The van der Waals surface area contributed by atoms with Gasteiger partial charge in [0.05, 0.1) is 11.2 Å². The first-order valence-electron chi connectivity index (χ1n) is 14.2. The molecule has 3 aromatic carbocycles. The van der Waals surface area contributed by atoms with Crippen LogP contribution in [0.4, 0.5) is 11.5 Å². The highest BCUT2D eigenvalue weighted by Crippen LogP contribution is 2.51. The van der Waals surface area contributed by atoms with Gasteiger partial charge in [0.15, 0.2) is 0 Å². The fourth-order valence-electron chi connectivity index (χ4n) is 6.19. The number of hydrogen-bond acceptors (Lipinski definition) is 7. The van der Waals surface area contributed by atoms with Crippen molar-refractivity contribution in [2.75, 3.05) is 25.0 Å². The van der Waals surface area contributed by atoms with Gasteiger partial charge in [0.25, 0.3) is 0 Å². The van der Waals surface area contributed by atoms with Gasteiger partial charge in [0.1, 0.15) is 24.5 Å². The van der Waals surface area contributed by atoms with E-state index in [1.54, 1.807) is 12.5 Å². The van der Waals surface area contributed by atoms with Gasteiger partial charge in [0.2, 0.25) is 0 Å². The van der Waals surface area contributed by atoms with Crippen LogP contribution in [0.3, 0.4) is 0 Å². The molecular weight excluding hydrogens is 510 g/mol. The predicted molar refractivity (Wildman–Crippen MR) is 161 cm³/mol. The van der Waals surface area contributed by atoms with E-state index < -0.39 is 0 Å². The van der Waals surface area contributed by atoms with Gasteiger partial charge in [0, 0.05) is 43.5 Å². The second-order valence-electron chi connectivity index (χ2n) is 11.2. The Hall–Kier alpha value is -4.33. The molecule has 2 aliphatic rings. The molecular formula is C34H33N5O2. The van der Waals surface area contributed by atoms with Gasteiger partial charge >= 0.3 is 0 Å². The lowest BCUT2D eigenvalue weighted by atomic mass is 10.0. The number of pyridine rings is 1. The number of nitrogens with one attached hydrogen (secondary N) is 1. The molecule has 2 unspecified atom stereocenters. The van der Waals surface area contributed by atoms with Crippen molar-refractivity contribution in [2.45, 2.75) is 20.1 Å². The van der Waals surface area contributed by atoms with Gasteiger partial charge in [-0.15, -0.1) is 0 Å². The van der Waals surface area contributed by atoms with Crippen molar-refractivity contribution in [3.05, 3.63) is 108 Å². The van der Waals surface area contributed by atoms with E-state index in [0.717, 1.165) is 64.6 Å². The number of likely N-dealkylation sites (tertiary alicyclic amines) is 1. The van der Waals surface area contributed by atoms with Crippen LogP contribution in [0.5, 0.6) is 5.75 Å². The monoisotopic (exact) mass is 543 g/mol. The molecule has 7 nitrogen and oxygen atoms in total. The zero-order chi connectivity index (χ0) is 27.8. The molecule has 3 heterocycles.